The normalized spacial score (nSPS) is 51.5. The molecule has 0 aromatic heterocycles. The van der Waals surface area contributed by atoms with Gasteiger partial charge in [-0.3, -0.25) is 0 Å². The Labute approximate surface area is 87.1 Å². The Hall–Kier alpha value is -0.360. The molecule has 0 aromatic carbocycles. The van der Waals surface area contributed by atoms with Crippen molar-refractivity contribution in [1.29, 1.82) is 5.26 Å². The fraction of sp³-hybridized carbons (Fsp3) is 0.909. The molecule has 0 amide bonds. The van der Waals surface area contributed by atoms with Crippen molar-refractivity contribution in [2.24, 2.45) is 17.8 Å². The molecule has 1 unspecified atom stereocenters. The molecule has 2 nitrogen and oxygen atoms in total. The average Bonchev–Trinajstić information content (AvgIpc) is 2.14. The van der Waals surface area contributed by atoms with Crippen LogP contribution >= 0.6 is 0 Å². The summed E-state index contributed by atoms with van der Waals surface area (Å²) in [7, 11) is -1.23. The number of nitrogens with zero attached hydrogens (tertiary/aromatic N) is 1. The third-order valence-corrected chi connectivity index (χ3v) is 5.91. The van der Waals surface area contributed by atoms with Crippen LogP contribution in [-0.4, -0.2) is 8.96 Å². The van der Waals surface area contributed by atoms with E-state index in [2.05, 4.69) is 0 Å². The van der Waals surface area contributed by atoms with Crippen LogP contribution in [0.25, 0.3) is 0 Å². The van der Waals surface area contributed by atoms with Gasteiger partial charge in [-0.2, -0.15) is 5.26 Å². The van der Waals surface area contributed by atoms with E-state index >= 15 is 0 Å². The van der Waals surface area contributed by atoms with Crippen LogP contribution < -0.4 is 0 Å². The number of thiocyanates is 1. The monoisotopic (exact) mass is 209 g/mol. The minimum Gasteiger partial charge on any atom is -0.243 e. The molecule has 0 N–H and O–H groups in total. The fourth-order valence-corrected chi connectivity index (χ4v) is 5.71. The molecule has 14 heavy (non-hydrogen) atoms. The molecular formula is C11H15NOS. The van der Waals surface area contributed by atoms with E-state index in [1.807, 2.05) is 5.40 Å². The second-order valence-corrected chi connectivity index (χ2v) is 7.05. The Morgan fingerprint density at radius 2 is 1.50 bits per heavy atom. The van der Waals surface area contributed by atoms with Gasteiger partial charge in [0.15, 0.2) is 5.40 Å². The Morgan fingerprint density at radius 3 is 1.86 bits per heavy atom. The van der Waals surface area contributed by atoms with Gasteiger partial charge >= 0.3 is 0 Å². The van der Waals surface area contributed by atoms with Crippen LogP contribution in [0.3, 0.4) is 0 Å². The van der Waals surface area contributed by atoms with Gasteiger partial charge in [0.1, 0.15) is 10.8 Å². The van der Waals surface area contributed by atoms with Gasteiger partial charge in [0.2, 0.25) is 0 Å². The summed E-state index contributed by atoms with van der Waals surface area (Å²) in [6.45, 7) is 0. The Balaban J connectivity index is 1.95. The van der Waals surface area contributed by atoms with Crippen molar-refractivity contribution in [3.8, 4) is 5.40 Å². The fourth-order valence-electron chi connectivity index (χ4n) is 4.36. The molecule has 4 fully saturated rings. The number of hydrogen-bond donors (Lipinski definition) is 0. The van der Waals surface area contributed by atoms with E-state index in [0.29, 0.717) is 0 Å². The lowest BCUT2D eigenvalue weighted by Crippen LogP contribution is -2.52. The predicted molar refractivity (Wildman–Crippen MR) is 54.7 cm³/mol. The summed E-state index contributed by atoms with van der Waals surface area (Å²) >= 11 is 0. The van der Waals surface area contributed by atoms with Crippen LogP contribution in [0.4, 0.5) is 0 Å². The zero-order valence-electron chi connectivity index (χ0n) is 8.24. The van der Waals surface area contributed by atoms with Gasteiger partial charge in [0.05, 0.1) is 4.75 Å². The Bertz CT molecular complexity index is 295. The third kappa shape index (κ3) is 1.10. The molecule has 1 atom stereocenters. The van der Waals surface area contributed by atoms with Crippen molar-refractivity contribution in [1.82, 2.24) is 0 Å². The summed E-state index contributed by atoms with van der Waals surface area (Å²) in [6, 6.07) is 0. The van der Waals surface area contributed by atoms with Crippen molar-refractivity contribution in [2.75, 3.05) is 0 Å². The van der Waals surface area contributed by atoms with Crippen LogP contribution in [0.2, 0.25) is 0 Å². The smallest absolute Gasteiger partial charge is 0.166 e. The third-order valence-electron chi connectivity index (χ3n) is 4.46. The first-order valence-electron chi connectivity index (χ1n) is 5.53. The maximum Gasteiger partial charge on any atom is 0.166 e. The van der Waals surface area contributed by atoms with E-state index < -0.39 is 10.8 Å². The molecule has 4 rings (SSSR count). The maximum absolute atomic E-state index is 11.8. The summed E-state index contributed by atoms with van der Waals surface area (Å²) in [5.74, 6) is 2.37. The SMILES string of the molecule is N#CS(=O)C12CC3CC(CC(C3)C1)C2. The second-order valence-electron chi connectivity index (χ2n) is 5.46. The highest BCUT2D eigenvalue weighted by Gasteiger charge is 2.54. The van der Waals surface area contributed by atoms with Crippen molar-refractivity contribution in [3.05, 3.63) is 0 Å². The lowest BCUT2D eigenvalue weighted by Gasteiger charge is -2.55. The summed E-state index contributed by atoms with van der Waals surface area (Å²) in [6.07, 6.45) is 7.25. The number of nitriles is 1. The van der Waals surface area contributed by atoms with Crippen molar-refractivity contribution in [3.63, 3.8) is 0 Å². The topological polar surface area (TPSA) is 40.9 Å². The first kappa shape index (κ1) is 8.91. The summed E-state index contributed by atoms with van der Waals surface area (Å²) in [4.78, 5) is 0. The van der Waals surface area contributed by atoms with E-state index in [1.165, 1.54) is 19.3 Å². The first-order chi connectivity index (χ1) is 6.72. The Kier molecular flexibility index (Phi) is 1.80. The predicted octanol–water partition coefficient (Wildman–Crippen LogP) is 2.18. The summed E-state index contributed by atoms with van der Waals surface area (Å²) in [5.41, 5.74) is 0. The molecule has 76 valence electrons. The Morgan fingerprint density at radius 1 is 1.07 bits per heavy atom. The van der Waals surface area contributed by atoms with Gasteiger partial charge in [0.25, 0.3) is 0 Å². The number of rotatable bonds is 1. The highest BCUT2D eigenvalue weighted by molar-refractivity contribution is 7.91. The molecule has 4 aliphatic carbocycles. The van der Waals surface area contributed by atoms with Crippen LogP contribution in [0, 0.1) is 28.4 Å². The minimum atomic E-state index is -1.23. The van der Waals surface area contributed by atoms with Crippen LogP contribution in [0.5, 0.6) is 0 Å². The van der Waals surface area contributed by atoms with Gasteiger partial charge in [0, 0.05) is 0 Å². The van der Waals surface area contributed by atoms with E-state index in [1.54, 1.807) is 0 Å². The molecule has 4 aliphatic rings. The van der Waals surface area contributed by atoms with E-state index in [4.69, 9.17) is 5.26 Å². The molecule has 4 saturated carbocycles. The first-order valence-corrected chi connectivity index (χ1v) is 6.68. The standard InChI is InChI=1S/C11H15NOS/c12-7-14(13)11-4-8-1-9(5-11)3-10(2-8)6-11/h8-10H,1-6H2. The van der Waals surface area contributed by atoms with Crippen LogP contribution in [0.1, 0.15) is 38.5 Å². The lowest BCUT2D eigenvalue weighted by atomic mass is 9.56. The van der Waals surface area contributed by atoms with Gasteiger partial charge in [-0.15, -0.1) is 0 Å². The maximum atomic E-state index is 11.8. The molecule has 0 saturated heterocycles. The summed E-state index contributed by atoms with van der Waals surface area (Å²) < 4.78 is 11.7. The van der Waals surface area contributed by atoms with E-state index in [-0.39, 0.29) is 4.75 Å². The van der Waals surface area contributed by atoms with E-state index in [9.17, 15) is 4.21 Å². The van der Waals surface area contributed by atoms with Gasteiger partial charge in [-0.25, -0.2) is 4.21 Å². The zero-order valence-corrected chi connectivity index (χ0v) is 9.05. The average molecular weight is 209 g/mol. The molecule has 0 spiro atoms. The van der Waals surface area contributed by atoms with Gasteiger partial charge < -0.3 is 0 Å². The van der Waals surface area contributed by atoms with Gasteiger partial charge in [-0.1, -0.05) is 0 Å². The van der Waals surface area contributed by atoms with Crippen molar-refractivity contribution < 1.29 is 4.21 Å². The molecule has 0 aromatic rings. The van der Waals surface area contributed by atoms with Crippen LogP contribution in [-0.2, 0) is 10.8 Å². The van der Waals surface area contributed by atoms with Crippen molar-refractivity contribution >= 4 is 10.8 Å². The van der Waals surface area contributed by atoms with Gasteiger partial charge in [-0.05, 0) is 56.3 Å². The highest BCUT2D eigenvalue weighted by Crippen LogP contribution is 2.57. The zero-order chi connectivity index (χ0) is 9.76. The van der Waals surface area contributed by atoms with Crippen LogP contribution in [0.15, 0.2) is 0 Å². The molecule has 3 heteroatoms. The van der Waals surface area contributed by atoms with Crippen molar-refractivity contribution in [2.45, 2.75) is 43.3 Å². The molecule has 0 aliphatic heterocycles. The molecule has 0 radical (unpaired) electrons. The highest BCUT2D eigenvalue weighted by atomic mass is 32.2. The lowest BCUT2D eigenvalue weighted by molar-refractivity contribution is 0.0366. The largest absolute Gasteiger partial charge is 0.243 e. The summed E-state index contributed by atoms with van der Waals surface area (Å²) in [5, 5.41) is 10.8. The minimum absolute atomic E-state index is 0.0799. The van der Waals surface area contributed by atoms with E-state index in [0.717, 1.165) is 37.0 Å². The molecule has 0 heterocycles. The quantitative estimate of drug-likeness (QED) is 0.621. The second kappa shape index (κ2) is 2.82. The molecular weight excluding hydrogens is 194 g/mol. The molecule has 4 bridgehead atoms. The number of hydrogen-bond acceptors (Lipinski definition) is 2.